The van der Waals surface area contributed by atoms with Gasteiger partial charge in [0.2, 0.25) is 5.13 Å². The molecule has 5 heteroatoms. The van der Waals surface area contributed by atoms with Crippen molar-refractivity contribution < 1.29 is 5.21 Å². The molecule has 0 spiro atoms. The lowest BCUT2D eigenvalue weighted by Crippen LogP contribution is -2.35. The van der Waals surface area contributed by atoms with Crippen LogP contribution in [0.1, 0.15) is 43.2 Å². The second kappa shape index (κ2) is 5.12. The smallest absolute Gasteiger partial charge is 0.207 e. The van der Waals surface area contributed by atoms with Crippen LogP contribution in [-0.4, -0.2) is 22.8 Å². The van der Waals surface area contributed by atoms with Gasteiger partial charge in [-0.25, -0.2) is 10.5 Å². The fraction of sp³-hybridized carbons (Fsp3) is 0.727. The first-order valence-electron chi connectivity index (χ1n) is 5.87. The molecular weight excluding hydrogens is 222 g/mol. The predicted molar refractivity (Wildman–Crippen MR) is 66.3 cm³/mol. The van der Waals surface area contributed by atoms with E-state index in [0.717, 1.165) is 25.1 Å². The zero-order valence-electron chi connectivity index (χ0n) is 9.79. The Hall–Kier alpha value is -0.650. The van der Waals surface area contributed by atoms with E-state index in [0.29, 0.717) is 17.1 Å². The first-order valence-corrected chi connectivity index (χ1v) is 6.69. The van der Waals surface area contributed by atoms with Gasteiger partial charge in [-0.2, -0.15) is 0 Å². The minimum absolute atomic E-state index is 0.483. The maximum absolute atomic E-state index is 8.86. The van der Waals surface area contributed by atoms with Gasteiger partial charge in [-0.1, -0.05) is 25.2 Å². The largest absolute Gasteiger partial charge is 0.314 e. The second-order valence-electron chi connectivity index (χ2n) is 4.43. The number of aromatic nitrogens is 1. The summed E-state index contributed by atoms with van der Waals surface area (Å²) in [7, 11) is 0. The minimum Gasteiger partial charge on any atom is -0.314 e. The number of thiazole rings is 1. The molecule has 90 valence electrons. The SMILES string of the molecule is CCCNC1Cc2sc(NO)nc2C(C)C1. The van der Waals surface area contributed by atoms with Crippen LogP contribution in [0, 0.1) is 0 Å². The molecule has 0 saturated heterocycles. The molecule has 0 bridgehead atoms. The van der Waals surface area contributed by atoms with Crippen molar-refractivity contribution in [2.24, 2.45) is 0 Å². The summed E-state index contributed by atoms with van der Waals surface area (Å²) in [5.74, 6) is 0.483. The third kappa shape index (κ3) is 2.36. The van der Waals surface area contributed by atoms with E-state index in [9.17, 15) is 0 Å². The normalized spacial score (nSPS) is 24.2. The molecule has 0 aliphatic heterocycles. The third-order valence-electron chi connectivity index (χ3n) is 3.04. The van der Waals surface area contributed by atoms with Gasteiger partial charge in [0.25, 0.3) is 0 Å². The summed E-state index contributed by atoms with van der Waals surface area (Å²) in [5.41, 5.74) is 3.31. The molecule has 0 aromatic carbocycles. The van der Waals surface area contributed by atoms with E-state index < -0.39 is 0 Å². The second-order valence-corrected chi connectivity index (χ2v) is 5.51. The van der Waals surface area contributed by atoms with Gasteiger partial charge in [0.1, 0.15) is 0 Å². The quantitative estimate of drug-likeness (QED) is 0.708. The third-order valence-corrected chi connectivity index (χ3v) is 4.04. The van der Waals surface area contributed by atoms with E-state index in [2.05, 4.69) is 29.6 Å². The van der Waals surface area contributed by atoms with Crippen molar-refractivity contribution >= 4 is 16.5 Å². The van der Waals surface area contributed by atoms with Gasteiger partial charge in [-0.3, -0.25) is 5.21 Å². The molecule has 0 amide bonds. The lowest BCUT2D eigenvalue weighted by Gasteiger charge is -2.26. The monoisotopic (exact) mass is 241 g/mol. The fourth-order valence-electron chi connectivity index (χ4n) is 2.29. The van der Waals surface area contributed by atoms with Crippen LogP contribution in [0.4, 0.5) is 5.13 Å². The van der Waals surface area contributed by atoms with E-state index >= 15 is 0 Å². The van der Waals surface area contributed by atoms with Crippen LogP contribution in [0.25, 0.3) is 0 Å². The van der Waals surface area contributed by atoms with Gasteiger partial charge < -0.3 is 5.32 Å². The summed E-state index contributed by atoms with van der Waals surface area (Å²) < 4.78 is 0. The highest BCUT2D eigenvalue weighted by Gasteiger charge is 2.27. The van der Waals surface area contributed by atoms with E-state index in [1.54, 1.807) is 11.3 Å². The van der Waals surface area contributed by atoms with Crippen molar-refractivity contribution in [3.05, 3.63) is 10.6 Å². The molecule has 0 radical (unpaired) electrons. The summed E-state index contributed by atoms with van der Waals surface area (Å²) in [4.78, 5) is 5.70. The van der Waals surface area contributed by atoms with Crippen molar-refractivity contribution in [3.8, 4) is 0 Å². The molecule has 0 fully saturated rings. The molecule has 1 aliphatic carbocycles. The molecule has 2 unspecified atom stereocenters. The molecule has 1 aromatic rings. The van der Waals surface area contributed by atoms with Crippen molar-refractivity contribution in [2.45, 2.75) is 45.1 Å². The standard InChI is InChI=1S/C11H19N3OS/c1-3-4-12-8-5-7(2)10-9(6-8)16-11(13-10)14-15/h7-8,12,15H,3-6H2,1-2H3,(H,13,14). The molecular formula is C11H19N3OS. The van der Waals surface area contributed by atoms with Crippen LogP contribution < -0.4 is 10.8 Å². The van der Waals surface area contributed by atoms with Gasteiger partial charge in [0.15, 0.2) is 0 Å². The van der Waals surface area contributed by atoms with Gasteiger partial charge in [0.05, 0.1) is 5.69 Å². The zero-order chi connectivity index (χ0) is 11.5. The lowest BCUT2D eigenvalue weighted by molar-refractivity contribution is 0.387. The number of rotatable bonds is 4. The summed E-state index contributed by atoms with van der Waals surface area (Å²) in [6, 6.07) is 0.564. The van der Waals surface area contributed by atoms with Crippen LogP contribution in [0.2, 0.25) is 0 Å². The van der Waals surface area contributed by atoms with Crippen LogP contribution in [0.5, 0.6) is 0 Å². The van der Waals surface area contributed by atoms with Crippen LogP contribution in [0.15, 0.2) is 0 Å². The molecule has 1 aliphatic rings. The topological polar surface area (TPSA) is 57.2 Å². The Labute approximate surface area is 100 Å². The van der Waals surface area contributed by atoms with Gasteiger partial charge in [-0.15, -0.1) is 0 Å². The van der Waals surface area contributed by atoms with Crippen molar-refractivity contribution in [3.63, 3.8) is 0 Å². The van der Waals surface area contributed by atoms with Crippen molar-refractivity contribution in [2.75, 3.05) is 12.0 Å². The lowest BCUT2D eigenvalue weighted by atomic mass is 9.89. The highest BCUT2D eigenvalue weighted by atomic mass is 32.1. The number of hydrogen-bond donors (Lipinski definition) is 3. The maximum Gasteiger partial charge on any atom is 0.207 e. The number of fused-ring (bicyclic) bond motifs is 1. The molecule has 2 atom stereocenters. The Bertz CT molecular complexity index is 353. The average molecular weight is 241 g/mol. The highest BCUT2D eigenvalue weighted by Crippen LogP contribution is 2.36. The van der Waals surface area contributed by atoms with E-state index in [-0.39, 0.29) is 0 Å². The Kier molecular flexibility index (Phi) is 3.78. The minimum atomic E-state index is 0.483. The number of hydrogen-bond acceptors (Lipinski definition) is 5. The Morgan fingerprint density at radius 2 is 2.38 bits per heavy atom. The summed E-state index contributed by atoms with van der Waals surface area (Å²) in [6.45, 7) is 5.47. The number of nitrogens with one attached hydrogen (secondary N) is 2. The zero-order valence-corrected chi connectivity index (χ0v) is 10.6. The van der Waals surface area contributed by atoms with E-state index in [1.807, 2.05) is 0 Å². The Balaban J connectivity index is 2.09. The predicted octanol–water partition coefficient (Wildman–Crippen LogP) is 2.36. The average Bonchev–Trinajstić information content (AvgIpc) is 2.70. The Morgan fingerprint density at radius 3 is 3.06 bits per heavy atom. The molecule has 1 heterocycles. The van der Waals surface area contributed by atoms with E-state index in [4.69, 9.17) is 5.21 Å². The van der Waals surface area contributed by atoms with Crippen molar-refractivity contribution in [1.29, 1.82) is 0 Å². The first kappa shape index (κ1) is 11.8. The molecule has 4 nitrogen and oxygen atoms in total. The summed E-state index contributed by atoms with van der Waals surface area (Å²) in [5, 5.41) is 13.0. The van der Waals surface area contributed by atoms with Crippen LogP contribution in [-0.2, 0) is 6.42 Å². The fourth-order valence-corrected chi connectivity index (χ4v) is 3.35. The van der Waals surface area contributed by atoms with Gasteiger partial charge in [-0.05, 0) is 25.8 Å². The van der Waals surface area contributed by atoms with Crippen molar-refractivity contribution in [1.82, 2.24) is 10.3 Å². The summed E-state index contributed by atoms with van der Waals surface area (Å²) >= 11 is 1.56. The summed E-state index contributed by atoms with van der Waals surface area (Å²) in [6.07, 6.45) is 3.35. The van der Waals surface area contributed by atoms with Gasteiger partial charge in [0, 0.05) is 16.8 Å². The molecule has 16 heavy (non-hydrogen) atoms. The molecule has 0 saturated carbocycles. The highest BCUT2D eigenvalue weighted by molar-refractivity contribution is 7.15. The molecule has 2 rings (SSSR count). The maximum atomic E-state index is 8.86. The van der Waals surface area contributed by atoms with Gasteiger partial charge >= 0.3 is 0 Å². The number of nitrogens with zero attached hydrogens (tertiary/aromatic N) is 1. The van der Waals surface area contributed by atoms with Crippen LogP contribution in [0.3, 0.4) is 0 Å². The van der Waals surface area contributed by atoms with Crippen LogP contribution >= 0.6 is 11.3 Å². The first-order chi connectivity index (χ1) is 7.74. The van der Waals surface area contributed by atoms with E-state index in [1.165, 1.54) is 11.3 Å². The number of anilines is 1. The molecule has 3 N–H and O–H groups in total. The Morgan fingerprint density at radius 1 is 1.56 bits per heavy atom. The molecule has 1 aromatic heterocycles.